The summed E-state index contributed by atoms with van der Waals surface area (Å²) in [5.74, 6) is 0.906. The summed E-state index contributed by atoms with van der Waals surface area (Å²) in [6.45, 7) is 8.21. The molecule has 1 N–H and O–H groups in total. The SMILES string of the molecule is CCN(CC(=O)NCc1ccc(Cl)cc1)C(=O)c1cc(C)n(-c2cc(C)on2)c1C. The zero-order valence-electron chi connectivity index (χ0n) is 17.5. The molecule has 2 amide bonds. The van der Waals surface area contributed by atoms with E-state index in [0.717, 1.165) is 17.0 Å². The quantitative estimate of drug-likeness (QED) is 0.620. The molecule has 1 aromatic carbocycles. The summed E-state index contributed by atoms with van der Waals surface area (Å²) in [6.07, 6.45) is 0. The predicted octanol–water partition coefficient (Wildman–Crippen LogP) is 3.82. The Hall–Kier alpha value is -3.06. The highest BCUT2D eigenvalue weighted by Crippen LogP contribution is 2.22. The van der Waals surface area contributed by atoms with Gasteiger partial charge < -0.3 is 14.7 Å². The monoisotopic (exact) mass is 428 g/mol. The first-order valence-electron chi connectivity index (χ1n) is 9.73. The van der Waals surface area contributed by atoms with Gasteiger partial charge in [-0.3, -0.25) is 14.2 Å². The van der Waals surface area contributed by atoms with Gasteiger partial charge >= 0.3 is 0 Å². The van der Waals surface area contributed by atoms with E-state index < -0.39 is 0 Å². The second-order valence-electron chi connectivity index (χ2n) is 7.14. The van der Waals surface area contributed by atoms with E-state index in [-0.39, 0.29) is 18.4 Å². The number of aryl methyl sites for hydroxylation is 2. The Morgan fingerprint density at radius 2 is 1.87 bits per heavy atom. The number of rotatable bonds is 7. The zero-order chi connectivity index (χ0) is 21.8. The average molecular weight is 429 g/mol. The van der Waals surface area contributed by atoms with E-state index in [2.05, 4.69) is 10.5 Å². The second-order valence-corrected chi connectivity index (χ2v) is 7.57. The number of benzene rings is 1. The fraction of sp³-hybridized carbons (Fsp3) is 0.318. The highest BCUT2D eigenvalue weighted by atomic mass is 35.5. The molecule has 2 aromatic heterocycles. The van der Waals surface area contributed by atoms with E-state index in [1.165, 1.54) is 4.90 Å². The maximum atomic E-state index is 13.1. The molecule has 2 heterocycles. The van der Waals surface area contributed by atoms with Crippen molar-refractivity contribution in [2.75, 3.05) is 13.1 Å². The normalized spacial score (nSPS) is 10.8. The molecule has 0 atom stereocenters. The maximum Gasteiger partial charge on any atom is 0.256 e. The molecule has 0 aliphatic carbocycles. The van der Waals surface area contributed by atoms with E-state index >= 15 is 0 Å². The van der Waals surface area contributed by atoms with Crippen LogP contribution < -0.4 is 5.32 Å². The van der Waals surface area contributed by atoms with Crippen molar-refractivity contribution in [3.8, 4) is 5.82 Å². The van der Waals surface area contributed by atoms with Crippen LogP contribution in [0.3, 0.4) is 0 Å². The van der Waals surface area contributed by atoms with Gasteiger partial charge in [-0.1, -0.05) is 28.9 Å². The van der Waals surface area contributed by atoms with E-state index in [1.807, 2.05) is 56.5 Å². The molecule has 0 radical (unpaired) electrons. The fourth-order valence-corrected chi connectivity index (χ4v) is 3.45. The van der Waals surface area contributed by atoms with Crippen molar-refractivity contribution >= 4 is 23.4 Å². The zero-order valence-corrected chi connectivity index (χ0v) is 18.3. The van der Waals surface area contributed by atoms with Crippen LogP contribution in [0.25, 0.3) is 5.82 Å². The van der Waals surface area contributed by atoms with E-state index in [4.69, 9.17) is 16.1 Å². The highest BCUT2D eigenvalue weighted by molar-refractivity contribution is 6.30. The molecule has 158 valence electrons. The van der Waals surface area contributed by atoms with Crippen LogP contribution in [0, 0.1) is 20.8 Å². The number of nitrogens with zero attached hydrogens (tertiary/aromatic N) is 3. The lowest BCUT2D eigenvalue weighted by atomic mass is 10.2. The first-order valence-corrected chi connectivity index (χ1v) is 10.1. The molecule has 3 rings (SSSR count). The minimum atomic E-state index is -0.221. The minimum absolute atomic E-state index is 0.0182. The number of hydrogen-bond donors (Lipinski definition) is 1. The van der Waals surface area contributed by atoms with Gasteiger partial charge in [-0.05, 0) is 51.5 Å². The Kier molecular flexibility index (Phi) is 6.62. The van der Waals surface area contributed by atoms with Crippen molar-refractivity contribution < 1.29 is 14.1 Å². The van der Waals surface area contributed by atoms with Crippen LogP contribution in [0.5, 0.6) is 0 Å². The smallest absolute Gasteiger partial charge is 0.256 e. The van der Waals surface area contributed by atoms with Gasteiger partial charge in [0.2, 0.25) is 5.91 Å². The summed E-state index contributed by atoms with van der Waals surface area (Å²) in [5, 5.41) is 7.53. The molecule has 3 aromatic rings. The number of halogens is 1. The average Bonchev–Trinajstić information content (AvgIpc) is 3.27. The van der Waals surface area contributed by atoms with Crippen molar-refractivity contribution in [2.45, 2.75) is 34.2 Å². The van der Waals surface area contributed by atoms with Crippen molar-refractivity contribution in [1.82, 2.24) is 19.9 Å². The number of nitrogens with one attached hydrogen (secondary N) is 1. The summed E-state index contributed by atoms with van der Waals surface area (Å²) in [4.78, 5) is 27.1. The minimum Gasteiger partial charge on any atom is -0.360 e. The summed E-state index contributed by atoms with van der Waals surface area (Å²) in [7, 11) is 0. The molecule has 0 saturated heterocycles. The van der Waals surface area contributed by atoms with E-state index in [1.54, 1.807) is 12.1 Å². The van der Waals surface area contributed by atoms with Crippen molar-refractivity contribution in [2.24, 2.45) is 0 Å². The van der Waals surface area contributed by atoms with Crippen LogP contribution in [0.4, 0.5) is 0 Å². The number of aromatic nitrogens is 2. The molecular weight excluding hydrogens is 404 g/mol. The third-order valence-electron chi connectivity index (χ3n) is 4.91. The molecule has 8 heteroatoms. The van der Waals surface area contributed by atoms with Crippen LogP contribution >= 0.6 is 11.6 Å². The molecule has 0 fully saturated rings. The van der Waals surface area contributed by atoms with E-state index in [0.29, 0.717) is 35.3 Å². The first-order chi connectivity index (χ1) is 14.3. The lowest BCUT2D eigenvalue weighted by molar-refractivity contribution is -0.121. The highest BCUT2D eigenvalue weighted by Gasteiger charge is 2.23. The Bertz CT molecular complexity index is 1050. The molecule has 0 bridgehead atoms. The number of hydrogen-bond acceptors (Lipinski definition) is 4. The van der Waals surface area contributed by atoms with Gasteiger partial charge in [0.1, 0.15) is 5.76 Å². The van der Waals surface area contributed by atoms with Gasteiger partial charge in [0.05, 0.1) is 12.1 Å². The fourth-order valence-electron chi connectivity index (χ4n) is 3.32. The van der Waals surface area contributed by atoms with Crippen LogP contribution in [0.2, 0.25) is 5.02 Å². The van der Waals surface area contributed by atoms with Gasteiger partial charge in [0, 0.05) is 35.6 Å². The summed E-state index contributed by atoms with van der Waals surface area (Å²) >= 11 is 5.88. The van der Waals surface area contributed by atoms with Gasteiger partial charge in [-0.2, -0.15) is 0 Å². The topological polar surface area (TPSA) is 80.4 Å². The molecule has 7 nitrogen and oxygen atoms in total. The van der Waals surface area contributed by atoms with Crippen molar-refractivity contribution in [3.05, 3.63) is 69.7 Å². The van der Waals surface area contributed by atoms with Gasteiger partial charge in [-0.15, -0.1) is 0 Å². The Balaban J connectivity index is 1.70. The van der Waals surface area contributed by atoms with Crippen LogP contribution in [0.1, 0.15) is 40.0 Å². The number of carbonyl (C=O) groups excluding carboxylic acids is 2. The summed E-state index contributed by atoms with van der Waals surface area (Å²) < 4.78 is 7.04. The number of carbonyl (C=O) groups is 2. The Morgan fingerprint density at radius 3 is 2.47 bits per heavy atom. The molecule has 0 spiro atoms. The molecule has 0 aliphatic heterocycles. The molecule has 0 saturated carbocycles. The summed E-state index contributed by atoms with van der Waals surface area (Å²) in [5.41, 5.74) is 3.10. The van der Waals surface area contributed by atoms with Crippen molar-refractivity contribution in [3.63, 3.8) is 0 Å². The maximum absolute atomic E-state index is 13.1. The molecular formula is C22H25ClN4O3. The van der Waals surface area contributed by atoms with Gasteiger partial charge in [0.15, 0.2) is 5.82 Å². The largest absolute Gasteiger partial charge is 0.360 e. The van der Waals surface area contributed by atoms with E-state index in [9.17, 15) is 9.59 Å². The molecule has 0 unspecified atom stereocenters. The third kappa shape index (κ3) is 4.74. The summed E-state index contributed by atoms with van der Waals surface area (Å²) in [6, 6.07) is 10.9. The predicted molar refractivity (Wildman–Crippen MR) is 115 cm³/mol. The second kappa shape index (κ2) is 9.17. The van der Waals surface area contributed by atoms with Crippen LogP contribution in [0.15, 0.2) is 40.9 Å². The van der Waals surface area contributed by atoms with Crippen LogP contribution in [-0.4, -0.2) is 39.5 Å². The third-order valence-corrected chi connectivity index (χ3v) is 5.16. The number of likely N-dealkylation sites (N-methyl/N-ethyl adjacent to an activating group) is 1. The van der Waals surface area contributed by atoms with Gasteiger partial charge in [-0.25, -0.2) is 0 Å². The van der Waals surface area contributed by atoms with Crippen LogP contribution in [-0.2, 0) is 11.3 Å². The van der Waals surface area contributed by atoms with Crippen molar-refractivity contribution in [1.29, 1.82) is 0 Å². The molecule has 0 aliphatic rings. The lowest BCUT2D eigenvalue weighted by Gasteiger charge is -2.20. The van der Waals surface area contributed by atoms with Gasteiger partial charge in [0.25, 0.3) is 5.91 Å². The Morgan fingerprint density at radius 1 is 1.17 bits per heavy atom. The number of amides is 2. The standard InChI is InChI=1S/C22H25ClN4O3/c1-5-26(13-21(28)24-12-17-6-8-18(23)9-7-17)22(29)19-10-14(2)27(16(19)4)20-11-15(3)30-25-20/h6-11H,5,12-13H2,1-4H3,(H,24,28). The lowest BCUT2D eigenvalue weighted by Crippen LogP contribution is -2.40. The Labute approximate surface area is 180 Å². The first kappa shape index (κ1) is 21.6. The molecule has 30 heavy (non-hydrogen) atoms.